The fourth-order valence-corrected chi connectivity index (χ4v) is 3.74. The molecular weight excluding hydrogens is 423 g/mol. The van der Waals surface area contributed by atoms with E-state index in [4.69, 9.17) is 4.74 Å². The van der Waals surface area contributed by atoms with Gasteiger partial charge in [0.2, 0.25) is 5.92 Å². The van der Waals surface area contributed by atoms with Crippen LogP contribution in [0.2, 0.25) is 0 Å². The molecule has 0 aliphatic heterocycles. The van der Waals surface area contributed by atoms with E-state index in [1.807, 2.05) is 0 Å². The van der Waals surface area contributed by atoms with Gasteiger partial charge in [-0.15, -0.1) is 0 Å². The van der Waals surface area contributed by atoms with Crippen LogP contribution in [0.25, 0.3) is 11.3 Å². The molecule has 166 valence electrons. The third-order valence-electron chi connectivity index (χ3n) is 5.41. The summed E-state index contributed by atoms with van der Waals surface area (Å²) in [6.07, 6.45) is 5.33. The van der Waals surface area contributed by atoms with Gasteiger partial charge in [0.25, 0.3) is 5.91 Å². The summed E-state index contributed by atoms with van der Waals surface area (Å²) >= 11 is 0. The van der Waals surface area contributed by atoms with Crippen LogP contribution >= 0.6 is 0 Å². The number of carbonyl (C=O) groups excluding carboxylic acids is 1. The highest BCUT2D eigenvalue weighted by atomic mass is 19.3. The Labute approximate surface area is 182 Å². The topological polar surface area (TPSA) is 89.9 Å². The molecule has 1 fully saturated rings. The fourth-order valence-electron chi connectivity index (χ4n) is 3.74. The number of rotatable bonds is 5. The standard InChI is InChI=1S/C22H20F3N5O2/c1-32-21-28-11-14(12-29-21)20(31)30-19-15(18-16(23)3-2-9-26-18)6-10-27-17(19)13-4-7-22(24,25)8-5-13/h2-3,6,9-13H,4-5,7-8H2,1H3,(H,30,31). The average molecular weight is 443 g/mol. The number of methoxy groups -OCH3 is 1. The summed E-state index contributed by atoms with van der Waals surface area (Å²) in [7, 11) is 1.40. The van der Waals surface area contributed by atoms with Crippen molar-refractivity contribution in [3.8, 4) is 17.3 Å². The van der Waals surface area contributed by atoms with Crippen LogP contribution in [-0.2, 0) is 0 Å². The second-order valence-electron chi connectivity index (χ2n) is 7.50. The maximum atomic E-state index is 14.5. The van der Waals surface area contributed by atoms with Gasteiger partial charge < -0.3 is 10.1 Å². The molecule has 3 aromatic rings. The Balaban J connectivity index is 1.74. The molecule has 1 aliphatic rings. The molecule has 0 saturated heterocycles. The van der Waals surface area contributed by atoms with E-state index < -0.39 is 17.6 Å². The molecule has 0 unspecified atom stereocenters. The highest BCUT2D eigenvalue weighted by Crippen LogP contribution is 2.44. The molecule has 32 heavy (non-hydrogen) atoms. The molecule has 0 bridgehead atoms. The van der Waals surface area contributed by atoms with E-state index in [1.165, 1.54) is 50.1 Å². The van der Waals surface area contributed by atoms with Crippen LogP contribution in [0.4, 0.5) is 18.9 Å². The molecule has 0 radical (unpaired) electrons. The van der Waals surface area contributed by atoms with Gasteiger partial charge >= 0.3 is 6.01 Å². The lowest BCUT2D eigenvalue weighted by Gasteiger charge is -2.29. The van der Waals surface area contributed by atoms with E-state index in [1.54, 1.807) is 0 Å². The summed E-state index contributed by atoms with van der Waals surface area (Å²) in [6, 6.07) is 4.35. The van der Waals surface area contributed by atoms with Crippen LogP contribution in [0.15, 0.2) is 43.0 Å². The Morgan fingerprint density at radius 1 is 1.09 bits per heavy atom. The lowest BCUT2D eigenvalue weighted by molar-refractivity contribution is -0.0384. The van der Waals surface area contributed by atoms with E-state index >= 15 is 0 Å². The van der Waals surface area contributed by atoms with Gasteiger partial charge in [0.1, 0.15) is 11.5 Å². The van der Waals surface area contributed by atoms with Crippen molar-refractivity contribution in [2.75, 3.05) is 12.4 Å². The predicted molar refractivity (Wildman–Crippen MR) is 110 cm³/mol. The summed E-state index contributed by atoms with van der Waals surface area (Å²) in [4.78, 5) is 29.2. The first kappa shape index (κ1) is 21.7. The summed E-state index contributed by atoms with van der Waals surface area (Å²) in [5.74, 6) is -4.17. The van der Waals surface area contributed by atoms with E-state index in [9.17, 15) is 18.0 Å². The Morgan fingerprint density at radius 2 is 1.81 bits per heavy atom. The summed E-state index contributed by atoms with van der Waals surface area (Å²) in [5.41, 5.74) is 1.14. The van der Waals surface area contributed by atoms with Crippen molar-refractivity contribution < 1.29 is 22.7 Å². The average Bonchev–Trinajstić information content (AvgIpc) is 2.80. The highest BCUT2D eigenvalue weighted by Gasteiger charge is 2.37. The van der Waals surface area contributed by atoms with Gasteiger partial charge in [0.15, 0.2) is 0 Å². The number of alkyl halides is 2. The molecule has 1 aliphatic carbocycles. The number of amides is 1. The maximum Gasteiger partial charge on any atom is 0.316 e. The van der Waals surface area contributed by atoms with Crippen molar-refractivity contribution in [1.82, 2.24) is 19.9 Å². The van der Waals surface area contributed by atoms with Crippen LogP contribution in [0.5, 0.6) is 6.01 Å². The molecule has 3 aromatic heterocycles. The number of anilines is 1. The van der Waals surface area contributed by atoms with Gasteiger partial charge in [-0.05, 0) is 31.0 Å². The van der Waals surface area contributed by atoms with E-state index in [-0.39, 0.29) is 54.6 Å². The van der Waals surface area contributed by atoms with Crippen molar-refractivity contribution in [1.29, 1.82) is 0 Å². The summed E-state index contributed by atoms with van der Waals surface area (Å²) < 4.78 is 46.9. The smallest absolute Gasteiger partial charge is 0.316 e. The number of hydrogen-bond donors (Lipinski definition) is 1. The lowest BCUT2D eigenvalue weighted by Crippen LogP contribution is -2.25. The van der Waals surface area contributed by atoms with Gasteiger partial charge in [0, 0.05) is 49.1 Å². The number of pyridine rings is 2. The summed E-state index contributed by atoms with van der Waals surface area (Å²) in [5, 5.41) is 2.76. The van der Waals surface area contributed by atoms with Crippen LogP contribution in [0.3, 0.4) is 0 Å². The first-order valence-corrected chi connectivity index (χ1v) is 10.0. The quantitative estimate of drug-likeness (QED) is 0.619. The number of carbonyl (C=O) groups is 1. The van der Waals surface area contributed by atoms with Crippen LogP contribution in [0.1, 0.15) is 47.7 Å². The zero-order chi connectivity index (χ0) is 22.7. The van der Waals surface area contributed by atoms with Crippen LogP contribution < -0.4 is 10.1 Å². The van der Waals surface area contributed by atoms with Crippen LogP contribution in [-0.4, -0.2) is 38.9 Å². The molecular formula is C22H20F3N5O2. The minimum atomic E-state index is -2.72. The van der Waals surface area contributed by atoms with E-state index in [0.717, 1.165) is 0 Å². The zero-order valence-electron chi connectivity index (χ0n) is 17.2. The monoisotopic (exact) mass is 443 g/mol. The van der Waals surface area contributed by atoms with Crippen molar-refractivity contribution >= 4 is 11.6 Å². The maximum absolute atomic E-state index is 14.5. The van der Waals surface area contributed by atoms with Crippen LogP contribution in [0, 0.1) is 5.82 Å². The molecule has 4 rings (SSSR count). The van der Waals surface area contributed by atoms with Crippen molar-refractivity contribution in [3.63, 3.8) is 0 Å². The molecule has 3 heterocycles. The Kier molecular flexibility index (Phi) is 6.02. The van der Waals surface area contributed by atoms with Gasteiger partial charge in [-0.1, -0.05) is 0 Å². The largest absolute Gasteiger partial charge is 0.467 e. The van der Waals surface area contributed by atoms with Gasteiger partial charge in [-0.25, -0.2) is 23.1 Å². The van der Waals surface area contributed by atoms with Gasteiger partial charge in [-0.3, -0.25) is 14.8 Å². The molecule has 1 N–H and O–H groups in total. The Bertz CT molecular complexity index is 1110. The minimum absolute atomic E-state index is 0.0265. The number of nitrogens with zero attached hydrogens (tertiary/aromatic N) is 4. The molecule has 1 saturated carbocycles. The second-order valence-corrected chi connectivity index (χ2v) is 7.50. The number of halogens is 3. The van der Waals surface area contributed by atoms with Crippen molar-refractivity contribution in [3.05, 3.63) is 60.1 Å². The predicted octanol–water partition coefficient (Wildman–Crippen LogP) is 4.63. The number of ether oxygens (including phenoxy) is 1. The molecule has 0 aromatic carbocycles. The van der Waals surface area contributed by atoms with E-state index in [2.05, 4.69) is 25.3 Å². The molecule has 10 heteroatoms. The minimum Gasteiger partial charge on any atom is -0.467 e. The Morgan fingerprint density at radius 3 is 2.47 bits per heavy atom. The number of nitrogens with one attached hydrogen (secondary N) is 1. The SMILES string of the molecule is COc1ncc(C(=O)Nc2c(-c3ncccc3F)ccnc2C2CCC(F)(F)CC2)cn1. The fraction of sp³-hybridized carbons (Fsp3) is 0.318. The second kappa shape index (κ2) is 8.89. The van der Waals surface area contributed by atoms with Crippen molar-refractivity contribution in [2.24, 2.45) is 0 Å². The molecule has 0 spiro atoms. The first-order chi connectivity index (χ1) is 15.4. The highest BCUT2D eigenvalue weighted by molar-refractivity contribution is 6.06. The third-order valence-corrected chi connectivity index (χ3v) is 5.41. The van der Waals surface area contributed by atoms with E-state index in [0.29, 0.717) is 11.3 Å². The lowest BCUT2D eigenvalue weighted by atomic mass is 9.83. The zero-order valence-corrected chi connectivity index (χ0v) is 17.2. The molecule has 7 nitrogen and oxygen atoms in total. The first-order valence-electron chi connectivity index (χ1n) is 10.0. The molecule has 1 amide bonds. The molecule has 0 atom stereocenters. The van der Waals surface area contributed by atoms with Gasteiger partial charge in [0.05, 0.1) is 24.1 Å². The Hall–Kier alpha value is -3.56. The third kappa shape index (κ3) is 4.53. The number of hydrogen-bond acceptors (Lipinski definition) is 6. The summed E-state index contributed by atoms with van der Waals surface area (Å²) in [6.45, 7) is 0. The van der Waals surface area contributed by atoms with Crippen molar-refractivity contribution in [2.45, 2.75) is 37.5 Å². The normalized spacial score (nSPS) is 15.9. The van der Waals surface area contributed by atoms with Gasteiger partial charge in [-0.2, -0.15) is 0 Å². The number of aromatic nitrogens is 4.